The van der Waals surface area contributed by atoms with E-state index in [1.165, 1.54) is 12.1 Å². The molecule has 2 heterocycles. The van der Waals surface area contributed by atoms with Crippen LogP contribution >= 0.6 is 0 Å². The quantitative estimate of drug-likeness (QED) is 0.811. The number of rotatable bonds is 6. The molecule has 0 saturated carbocycles. The van der Waals surface area contributed by atoms with Crippen molar-refractivity contribution in [2.24, 2.45) is 5.92 Å². The second-order valence-electron chi connectivity index (χ2n) is 6.57. The van der Waals surface area contributed by atoms with E-state index in [0.29, 0.717) is 25.0 Å². The molecule has 5 heteroatoms. The molecule has 1 fully saturated rings. The summed E-state index contributed by atoms with van der Waals surface area (Å²) in [4.78, 5) is 18.8. The smallest absolute Gasteiger partial charge is 0.224 e. The van der Waals surface area contributed by atoms with Crippen LogP contribution in [0.3, 0.4) is 0 Å². The van der Waals surface area contributed by atoms with Crippen LogP contribution < -0.4 is 0 Å². The molecule has 2 rings (SSSR count). The highest BCUT2D eigenvalue weighted by Crippen LogP contribution is 2.23. The van der Waals surface area contributed by atoms with Gasteiger partial charge in [-0.15, -0.1) is 0 Å². The first kappa shape index (κ1) is 17.0. The van der Waals surface area contributed by atoms with Gasteiger partial charge in [0.15, 0.2) is 0 Å². The topological polar surface area (TPSA) is 47.4 Å². The monoisotopic (exact) mass is 307 g/mol. The molecule has 1 unspecified atom stereocenters. The first-order valence-corrected chi connectivity index (χ1v) is 8.32. The number of piperidine rings is 1. The largest absolute Gasteiger partial charge is 0.384 e. The summed E-state index contributed by atoms with van der Waals surface area (Å²) in [5, 5.41) is 0. The average Bonchev–Trinajstić information content (AvgIpc) is 2.85. The fourth-order valence-corrected chi connectivity index (χ4v) is 3.42. The molecular weight excluding hydrogens is 278 g/mol. The summed E-state index contributed by atoms with van der Waals surface area (Å²) in [5.74, 6) is 1.89. The molecule has 1 aliphatic heterocycles. The van der Waals surface area contributed by atoms with Crippen molar-refractivity contribution in [3.8, 4) is 0 Å². The number of hydrogen-bond donors (Lipinski definition) is 0. The summed E-state index contributed by atoms with van der Waals surface area (Å²) in [5.41, 5.74) is 1.22. The fraction of sp³-hybridized carbons (Fsp3) is 0.765. The summed E-state index contributed by atoms with van der Waals surface area (Å²) >= 11 is 0. The van der Waals surface area contributed by atoms with Crippen LogP contribution in [-0.2, 0) is 16.0 Å². The summed E-state index contributed by atoms with van der Waals surface area (Å²) in [6.07, 6.45) is 5.67. The number of methoxy groups -OCH3 is 1. The van der Waals surface area contributed by atoms with E-state index in [1.807, 2.05) is 11.1 Å². The third kappa shape index (κ3) is 4.09. The van der Waals surface area contributed by atoms with Crippen LogP contribution in [0.4, 0.5) is 0 Å². The maximum atomic E-state index is 12.2. The van der Waals surface area contributed by atoms with Crippen LogP contribution in [0, 0.1) is 12.8 Å². The van der Waals surface area contributed by atoms with Gasteiger partial charge in [-0.2, -0.15) is 0 Å². The lowest BCUT2D eigenvalue weighted by Crippen LogP contribution is -2.41. The lowest BCUT2D eigenvalue weighted by atomic mass is 9.94. The van der Waals surface area contributed by atoms with Crippen LogP contribution in [0.25, 0.3) is 0 Å². The van der Waals surface area contributed by atoms with E-state index in [-0.39, 0.29) is 5.91 Å². The summed E-state index contributed by atoms with van der Waals surface area (Å²) in [6.45, 7) is 8.75. The zero-order chi connectivity index (χ0) is 16.1. The number of imidazole rings is 1. The summed E-state index contributed by atoms with van der Waals surface area (Å²) < 4.78 is 7.32. The molecule has 1 amide bonds. The van der Waals surface area contributed by atoms with E-state index >= 15 is 0 Å². The highest BCUT2D eigenvalue weighted by Gasteiger charge is 2.25. The van der Waals surface area contributed by atoms with Gasteiger partial charge in [-0.25, -0.2) is 4.98 Å². The molecule has 0 N–H and O–H groups in total. The van der Waals surface area contributed by atoms with Crippen LogP contribution in [-0.4, -0.2) is 47.2 Å². The van der Waals surface area contributed by atoms with E-state index in [9.17, 15) is 4.79 Å². The van der Waals surface area contributed by atoms with Crippen molar-refractivity contribution in [2.75, 3.05) is 26.8 Å². The summed E-state index contributed by atoms with van der Waals surface area (Å²) in [7, 11) is 1.64. The lowest BCUT2D eigenvalue weighted by Gasteiger charge is -2.33. The molecule has 0 bridgehead atoms. The molecule has 1 aromatic heterocycles. The van der Waals surface area contributed by atoms with Gasteiger partial charge in [0.05, 0.1) is 13.0 Å². The van der Waals surface area contributed by atoms with Crippen molar-refractivity contribution in [3.05, 3.63) is 17.7 Å². The number of carbonyl (C=O) groups is 1. The minimum absolute atomic E-state index is 0.218. The minimum atomic E-state index is 0.218. The number of amides is 1. The van der Waals surface area contributed by atoms with Crippen molar-refractivity contribution >= 4 is 5.91 Å². The van der Waals surface area contributed by atoms with E-state index in [4.69, 9.17) is 4.74 Å². The molecule has 0 aromatic carbocycles. The zero-order valence-electron chi connectivity index (χ0n) is 14.3. The third-order valence-electron chi connectivity index (χ3n) is 4.44. The molecule has 0 radical (unpaired) electrons. The Hall–Kier alpha value is -1.36. The molecule has 5 nitrogen and oxygen atoms in total. The van der Waals surface area contributed by atoms with Crippen LogP contribution in [0.15, 0.2) is 6.20 Å². The van der Waals surface area contributed by atoms with Gasteiger partial charge < -0.3 is 14.2 Å². The van der Waals surface area contributed by atoms with Gasteiger partial charge in [-0.05, 0) is 39.5 Å². The van der Waals surface area contributed by atoms with Gasteiger partial charge in [-0.1, -0.05) is 0 Å². The van der Waals surface area contributed by atoms with Crippen molar-refractivity contribution in [1.82, 2.24) is 14.5 Å². The van der Waals surface area contributed by atoms with Crippen molar-refractivity contribution in [1.29, 1.82) is 0 Å². The predicted octanol–water partition coefficient (Wildman–Crippen LogP) is 2.59. The van der Waals surface area contributed by atoms with Crippen molar-refractivity contribution in [2.45, 2.75) is 52.5 Å². The number of likely N-dealkylation sites (tertiary alicyclic amines) is 1. The Morgan fingerprint density at radius 2 is 2.27 bits per heavy atom. The highest BCUT2D eigenvalue weighted by molar-refractivity contribution is 5.76. The average molecular weight is 307 g/mol. The fourth-order valence-electron chi connectivity index (χ4n) is 3.42. The summed E-state index contributed by atoms with van der Waals surface area (Å²) in [6, 6.07) is 0.431. The first-order valence-electron chi connectivity index (χ1n) is 8.32. The Morgan fingerprint density at radius 1 is 1.50 bits per heavy atom. The number of ether oxygens (including phenoxy) is 1. The highest BCUT2D eigenvalue weighted by atomic mass is 16.5. The van der Waals surface area contributed by atoms with Gasteiger partial charge in [-0.3, -0.25) is 4.79 Å². The molecule has 1 saturated heterocycles. The predicted molar refractivity (Wildman–Crippen MR) is 86.9 cm³/mol. The van der Waals surface area contributed by atoms with Crippen LogP contribution in [0.5, 0.6) is 0 Å². The molecule has 1 aromatic rings. The van der Waals surface area contributed by atoms with Crippen molar-refractivity contribution < 1.29 is 9.53 Å². The molecule has 1 atom stereocenters. The Labute approximate surface area is 133 Å². The van der Waals surface area contributed by atoms with Gasteiger partial charge in [0.2, 0.25) is 5.91 Å². The Balaban J connectivity index is 1.97. The van der Waals surface area contributed by atoms with E-state index in [2.05, 4.69) is 30.3 Å². The SMILES string of the molecule is COCCC(=O)N1CCCC(Cc2ncc(C)n2C(C)C)C1. The number of hydrogen-bond acceptors (Lipinski definition) is 3. The molecule has 0 spiro atoms. The Bertz CT molecular complexity index is 496. The van der Waals surface area contributed by atoms with E-state index in [0.717, 1.165) is 31.8 Å². The molecule has 0 aliphatic carbocycles. The van der Waals surface area contributed by atoms with Gasteiger partial charge >= 0.3 is 0 Å². The second-order valence-corrected chi connectivity index (χ2v) is 6.57. The van der Waals surface area contributed by atoms with Crippen molar-refractivity contribution in [3.63, 3.8) is 0 Å². The minimum Gasteiger partial charge on any atom is -0.384 e. The number of aryl methyl sites for hydroxylation is 1. The Kier molecular flexibility index (Phi) is 6.00. The van der Waals surface area contributed by atoms with Gasteiger partial charge in [0.1, 0.15) is 5.82 Å². The van der Waals surface area contributed by atoms with Gasteiger partial charge in [0, 0.05) is 44.6 Å². The van der Waals surface area contributed by atoms with E-state index < -0.39 is 0 Å². The van der Waals surface area contributed by atoms with Gasteiger partial charge in [0.25, 0.3) is 0 Å². The normalized spacial score (nSPS) is 19.0. The maximum absolute atomic E-state index is 12.2. The lowest BCUT2D eigenvalue weighted by molar-refractivity contribution is -0.133. The molecule has 22 heavy (non-hydrogen) atoms. The first-order chi connectivity index (χ1) is 10.5. The number of nitrogens with zero attached hydrogens (tertiary/aromatic N) is 3. The maximum Gasteiger partial charge on any atom is 0.224 e. The molecule has 1 aliphatic rings. The van der Waals surface area contributed by atoms with E-state index in [1.54, 1.807) is 7.11 Å². The second kappa shape index (κ2) is 7.77. The standard InChI is InChI=1S/C17H29N3O2/c1-13(2)20-14(3)11-18-16(20)10-15-6-5-8-19(12-15)17(21)7-9-22-4/h11,13,15H,5-10,12H2,1-4H3. The molecular formula is C17H29N3O2. The third-order valence-corrected chi connectivity index (χ3v) is 4.44. The van der Waals surface area contributed by atoms with Crippen LogP contribution in [0.1, 0.15) is 50.7 Å². The zero-order valence-corrected chi connectivity index (χ0v) is 14.3. The number of carbonyl (C=O) groups excluding carboxylic acids is 1. The Morgan fingerprint density at radius 3 is 2.95 bits per heavy atom. The van der Waals surface area contributed by atoms with Crippen LogP contribution in [0.2, 0.25) is 0 Å². The molecule has 124 valence electrons. The number of aromatic nitrogens is 2.